The van der Waals surface area contributed by atoms with Gasteiger partial charge < -0.3 is 5.32 Å². The summed E-state index contributed by atoms with van der Waals surface area (Å²) in [4.78, 5) is 17.0. The second-order valence-electron chi connectivity index (χ2n) is 11.6. The van der Waals surface area contributed by atoms with E-state index in [0.29, 0.717) is 5.54 Å². The van der Waals surface area contributed by atoms with Crippen LogP contribution in [0.25, 0.3) is 0 Å². The summed E-state index contributed by atoms with van der Waals surface area (Å²) in [6.07, 6.45) is 9.22. The van der Waals surface area contributed by atoms with E-state index >= 15 is 0 Å². The lowest BCUT2D eigenvalue weighted by Crippen LogP contribution is -2.53. The zero-order valence-corrected chi connectivity index (χ0v) is 18.8. The van der Waals surface area contributed by atoms with Gasteiger partial charge in [-0.05, 0) is 112 Å². The van der Waals surface area contributed by atoms with Crippen molar-refractivity contribution in [2.75, 3.05) is 32.7 Å². The summed E-state index contributed by atoms with van der Waals surface area (Å²) in [7, 11) is 0. The van der Waals surface area contributed by atoms with Gasteiger partial charge in [0.2, 0.25) is 5.91 Å². The Hall–Kier alpha value is -0.610. The third kappa shape index (κ3) is 4.87. The first-order valence-corrected chi connectivity index (χ1v) is 11.2. The van der Waals surface area contributed by atoms with Crippen molar-refractivity contribution in [3.05, 3.63) is 0 Å². The minimum absolute atomic E-state index is 0.0640. The summed E-state index contributed by atoms with van der Waals surface area (Å²) >= 11 is 0. The van der Waals surface area contributed by atoms with E-state index in [1.807, 2.05) is 0 Å². The molecule has 1 unspecified atom stereocenters. The van der Waals surface area contributed by atoms with Crippen LogP contribution in [0.5, 0.6) is 0 Å². The topological polar surface area (TPSA) is 35.6 Å². The molecule has 1 amide bonds. The number of carbonyl (C=O) groups is 1. The van der Waals surface area contributed by atoms with E-state index in [0.717, 1.165) is 44.3 Å². The van der Waals surface area contributed by atoms with Crippen LogP contribution in [0.2, 0.25) is 0 Å². The third-order valence-corrected chi connectivity index (χ3v) is 7.63. The molecular formula is C23H43N3O. The molecule has 4 rings (SSSR count). The Morgan fingerprint density at radius 1 is 0.778 bits per heavy atom. The van der Waals surface area contributed by atoms with Gasteiger partial charge in [-0.25, -0.2) is 0 Å². The summed E-state index contributed by atoms with van der Waals surface area (Å²) in [5, 5.41) is 2.99. The molecule has 156 valence electrons. The molecule has 1 aliphatic carbocycles. The minimum atomic E-state index is -0.0640. The van der Waals surface area contributed by atoms with E-state index < -0.39 is 0 Å². The van der Waals surface area contributed by atoms with Gasteiger partial charge in [-0.2, -0.15) is 0 Å². The first-order valence-electron chi connectivity index (χ1n) is 11.2. The van der Waals surface area contributed by atoms with Crippen molar-refractivity contribution >= 4 is 5.91 Å². The van der Waals surface area contributed by atoms with Crippen molar-refractivity contribution in [2.45, 2.75) is 97.6 Å². The predicted octanol–water partition coefficient (Wildman–Crippen LogP) is 4.05. The first kappa shape index (κ1) is 21.1. The molecule has 0 bridgehead atoms. The van der Waals surface area contributed by atoms with Crippen molar-refractivity contribution in [3.63, 3.8) is 0 Å². The van der Waals surface area contributed by atoms with Gasteiger partial charge in [0.05, 0.1) is 5.41 Å². The number of carbonyl (C=O) groups excluding carboxylic acids is 1. The fourth-order valence-electron chi connectivity index (χ4n) is 5.14. The van der Waals surface area contributed by atoms with E-state index in [2.05, 4.69) is 56.7 Å². The normalized spacial score (nSPS) is 31.6. The van der Waals surface area contributed by atoms with Crippen LogP contribution in [-0.4, -0.2) is 59.5 Å². The van der Waals surface area contributed by atoms with E-state index in [9.17, 15) is 4.79 Å². The van der Waals surface area contributed by atoms with Crippen LogP contribution in [0.15, 0.2) is 0 Å². The number of rotatable bonds is 0. The van der Waals surface area contributed by atoms with Crippen molar-refractivity contribution in [1.29, 1.82) is 0 Å². The van der Waals surface area contributed by atoms with Gasteiger partial charge in [-0.15, -0.1) is 0 Å². The van der Waals surface area contributed by atoms with E-state index in [4.69, 9.17) is 0 Å². The molecule has 3 saturated heterocycles. The first-order chi connectivity index (χ1) is 12.5. The molecule has 2 spiro atoms. The minimum Gasteiger partial charge on any atom is -0.356 e. The molecule has 4 nitrogen and oxygen atoms in total. The number of amides is 1. The fourth-order valence-corrected chi connectivity index (χ4v) is 5.14. The van der Waals surface area contributed by atoms with Crippen LogP contribution in [0.3, 0.4) is 0 Å². The van der Waals surface area contributed by atoms with Crippen molar-refractivity contribution < 1.29 is 4.79 Å². The number of hydrogen-bond acceptors (Lipinski definition) is 3. The Bertz CT molecular complexity index is 531. The number of likely N-dealkylation sites (tertiary alicyclic amines) is 2. The highest BCUT2D eigenvalue weighted by atomic mass is 16.2. The smallest absolute Gasteiger partial charge is 0.227 e. The molecule has 0 aromatic heterocycles. The van der Waals surface area contributed by atoms with Crippen LogP contribution in [0.1, 0.15) is 86.5 Å². The Kier molecular flexibility index (Phi) is 5.73. The van der Waals surface area contributed by atoms with Crippen LogP contribution in [-0.2, 0) is 4.79 Å². The summed E-state index contributed by atoms with van der Waals surface area (Å²) in [6, 6.07) is 0. The van der Waals surface area contributed by atoms with Crippen LogP contribution < -0.4 is 5.32 Å². The lowest BCUT2D eigenvalue weighted by Gasteiger charge is -2.45. The van der Waals surface area contributed by atoms with Crippen molar-refractivity contribution in [3.8, 4) is 0 Å². The zero-order chi connectivity index (χ0) is 19.9. The van der Waals surface area contributed by atoms with E-state index in [-0.39, 0.29) is 16.9 Å². The molecular weight excluding hydrogens is 334 g/mol. The third-order valence-electron chi connectivity index (χ3n) is 7.63. The average Bonchev–Trinajstić information content (AvgIpc) is 3.24. The standard InChI is InChI=1S/C12H22N2O.C11H21N/c1-11(2,3)14-8-4-5-12(9-14)6-7-13-10(12)15;1-10(2,3)12-8-6-11(4-5-11)7-9-12/h4-9H2,1-3H3,(H,13,15);4-9H2,1-3H3. The van der Waals surface area contributed by atoms with Gasteiger partial charge in [0, 0.05) is 24.2 Å². The van der Waals surface area contributed by atoms with Crippen LogP contribution >= 0.6 is 0 Å². The quantitative estimate of drug-likeness (QED) is 0.692. The average molecular weight is 378 g/mol. The Morgan fingerprint density at radius 3 is 1.81 bits per heavy atom. The summed E-state index contributed by atoms with van der Waals surface area (Å²) in [5.41, 5.74) is 1.36. The molecule has 4 heteroatoms. The second-order valence-corrected chi connectivity index (χ2v) is 11.6. The number of nitrogens with zero attached hydrogens (tertiary/aromatic N) is 2. The van der Waals surface area contributed by atoms with Gasteiger partial charge >= 0.3 is 0 Å². The SMILES string of the molecule is CC(C)(C)N1CCC2(CC1)CC2.CC(C)(C)N1CCCC2(CCNC2=O)C1. The fraction of sp³-hybridized carbons (Fsp3) is 0.957. The number of hydrogen-bond donors (Lipinski definition) is 1. The predicted molar refractivity (Wildman–Crippen MR) is 113 cm³/mol. The summed E-state index contributed by atoms with van der Waals surface area (Å²) < 4.78 is 0. The molecule has 1 atom stereocenters. The molecule has 0 radical (unpaired) electrons. The highest BCUT2D eigenvalue weighted by molar-refractivity contribution is 5.85. The number of nitrogens with one attached hydrogen (secondary N) is 1. The highest BCUT2D eigenvalue weighted by Gasteiger charge is 2.47. The van der Waals surface area contributed by atoms with Gasteiger partial charge in [0.1, 0.15) is 0 Å². The molecule has 3 aliphatic heterocycles. The maximum atomic E-state index is 11.9. The molecule has 3 heterocycles. The molecule has 0 aromatic rings. The number of piperidine rings is 2. The van der Waals surface area contributed by atoms with E-state index in [1.54, 1.807) is 0 Å². The Morgan fingerprint density at radius 2 is 1.37 bits per heavy atom. The largest absolute Gasteiger partial charge is 0.356 e. The van der Waals surface area contributed by atoms with Gasteiger partial charge in [-0.3, -0.25) is 14.6 Å². The van der Waals surface area contributed by atoms with Crippen LogP contribution in [0, 0.1) is 10.8 Å². The maximum absolute atomic E-state index is 11.9. The molecule has 1 N–H and O–H groups in total. The lowest BCUT2D eigenvalue weighted by molar-refractivity contribution is -0.131. The lowest BCUT2D eigenvalue weighted by atomic mass is 9.77. The summed E-state index contributed by atoms with van der Waals surface area (Å²) in [5.74, 6) is 0.288. The van der Waals surface area contributed by atoms with E-state index in [1.165, 1.54) is 38.8 Å². The van der Waals surface area contributed by atoms with Gasteiger partial charge in [0.25, 0.3) is 0 Å². The highest BCUT2D eigenvalue weighted by Crippen LogP contribution is 2.54. The molecule has 4 aliphatic rings. The van der Waals surface area contributed by atoms with Crippen molar-refractivity contribution in [1.82, 2.24) is 15.1 Å². The van der Waals surface area contributed by atoms with Gasteiger partial charge in [0.15, 0.2) is 0 Å². The van der Waals surface area contributed by atoms with Crippen LogP contribution in [0.4, 0.5) is 0 Å². The second kappa shape index (κ2) is 7.33. The molecule has 0 aromatic carbocycles. The zero-order valence-electron chi connectivity index (χ0n) is 18.8. The van der Waals surface area contributed by atoms with Gasteiger partial charge in [-0.1, -0.05) is 0 Å². The van der Waals surface area contributed by atoms with Crippen molar-refractivity contribution in [2.24, 2.45) is 10.8 Å². The molecule has 1 saturated carbocycles. The maximum Gasteiger partial charge on any atom is 0.227 e. The molecule has 27 heavy (non-hydrogen) atoms. The Balaban J connectivity index is 0.000000159. The Labute approximate surface area is 167 Å². The summed E-state index contributed by atoms with van der Waals surface area (Å²) in [6.45, 7) is 19.3. The molecule has 4 fully saturated rings. The monoisotopic (exact) mass is 377 g/mol.